The molecule has 0 saturated heterocycles. The van der Waals surface area contributed by atoms with Gasteiger partial charge in [-0.15, -0.1) is 0 Å². The van der Waals surface area contributed by atoms with Crippen molar-refractivity contribution in [2.75, 3.05) is 38.7 Å². The Morgan fingerprint density at radius 2 is 2.07 bits per heavy atom. The monoisotopic (exact) mass is 416 g/mol. The smallest absolute Gasteiger partial charge is 0.273 e. The molecule has 0 unspecified atom stereocenters. The van der Waals surface area contributed by atoms with Gasteiger partial charge >= 0.3 is 0 Å². The first-order valence-corrected chi connectivity index (χ1v) is 10.4. The summed E-state index contributed by atoms with van der Waals surface area (Å²) in [5, 5.41) is 0.548. The van der Waals surface area contributed by atoms with E-state index in [2.05, 4.69) is 19.1 Å². The number of hydrogen-bond acceptors (Lipinski definition) is 5. The highest BCUT2D eigenvalue weighted by molar-refractivity contribution is 7.22. The number of anilines is 1. The van der Waals surface area contributed by atoms with Gasteiger partial charge in [0.15, 0.2) is 16.6 Å². The first-order chi connectivity index (χ1) is 14.0. The maximum atomic E-state index is 13.6. The van der Waals surface area contributed by atoms with E-state index in [1.807, 2.05) is 18.2 Å². The quantitative estimate of drug-likeness (QED) is 0.669. The largest absolute Gasteiger partial charge is 0.485 e. The van der Waals surface area contributed by atoms with Crippen LogP contribution in [-0.2, 0) is 4.79 Å². The van der Waals surface area contributed by atoms with E-state index in [1.165, 1.54) is 28.4 Å². The first-order valence-electron chi connectivity index (χ1n) is 9.56. The van der Waals surface area contributed by atoms with Gasteiger partial charge < -0.3 is 14.4 Å². The van der Waals surface area contributed by atoms with E-state index in [-0.39, 0.29) is 18.3 Å². The van der Waals surface area contributed by atoms with E-state index >= 15 is 0 Å². The molecule has 8 heteroatoms. The van der Waals surface area contributed by atoms with Crippen LogP contribution in [0.4, 0.5) is 9.52 Å². The van der Waals surface area contributed by atoms with Crippen LogP contribution < -0.4 is 19.3 Å². The number of hydrogen-bond donors (Lipinski definition) is 1. The third-order valence-electron chi connectivity index (χ3n) is 4.68. The van der Waals surface area contributed by atoms with Crippen LogP contribution in [-0.4, -0.2) is 50.8 Å². The van der Waals surface area contributed by atoms with Crippen molar-refractivity contribution in [2.45, 2.75) is 12.5 Å². The van der Waals surface area contributed by atoms with Gasteiger partial charge in [-0.1, -0.05) is 23.5 Å². The summed E-state index contributed by atoms with van der Waals surface area (Å²) in [7, 11) is 4.14. The number of carbonyl (C=O) groups excluding carboxylic acids is 1. The maximum absolute atomic E-state index is 13.6. The van der Waals surface area contributed by atoms with Crippen molar-refractivity contribution >= 4 is 32.6 Å². The van der Waals surface area contributed by atoms with Crippen LogP contribution in [0.3, 0.4) is 0 Å². The molecule has 1 atom stereocenters. The molecule has 1 aromatic heterocycles. The number of carbonyl (C=O) groups is 1. The zero-order valence-corrected chi connectivity index (χ0v) is 17.2. The van der Waals surface area contributed by atoms with E-state index in [0.717, 1.165) is 13.0 Å². The fourth-order valence-electron chi connectivity index (χ4n) is 3.21. The molecule has 1 aliphatic heterocycles. The van der Waals surface area contributed by atoms with E-state index in [4.69, 9.17) is 9.47 Å². The molecule has 0 spiro atoms. The molecule has 3 aromatic rings. The van der Waals surface area contributed by atoms with Gasteiger partial charge in [-0.3, -0.25) is 9.69 Å². The second-order valence-electron chi connectivity index (χ2n) is 7.27. The minimum atomic E-state index is -0.750. The van der Waals surface area contributed by atoms with Gasteiger partial charge in [0.2, 0.25) is 6.10 Å². The van der Waals surface area contributed by atoms with E-state index in [1.54, 1.807) is 17.0 Å². The Morgan fingerprint density at radius 1 is 1.28 bits per heavy atom. The number of quaternary nitrogens is 1. The van der Waals surface area contributed by atoms with Gasteiger partial charge in [0.1, 0.15) is 12.4 Å². The van der Waals surface area contributed by atoms with E-state index in [0.29, 0.717) is 33.4 Å². The first kappa shape index (κ1) is 19.6. The molecule has 2 heterocycles. The molecular weight excluding hydrogens is 393 g/mol. The number of nitrogens with one attached hydrogen (secondary N) is 1. The molecule has 0 fully saturated rings. The minimum absolute atomic E-state index is 0.144. The Morgan fingerprint density at radius 3 is 2.86 bits per heavy atom. The number of ether oxygens (including phenoxy) is 2. The topological polar surface area (TPSA) is 56.1 Å². The maximum Gasteiger partial charge on any atom is 0.273 e. The van der Waals surface area contributed by atoms with Gasteiger partial charge in [-0.25, -0.2) is 9.37 Å². The standard InChI is InChI=1S/C21H22FN3O3S/c1-24(2)10-5-11-25(21-23-15-9-8-14(22)12-19(15)29-21)20(26)18-13-27-16-6-3-4-7-17(16)28-18/h3-4,6-9,12,18H,5,10-11,13H2,1-2H3/p+1/t18-/m0/s1. The third-order valence-corrected chi connectivity index (χ3v) is 5.72. The Labute approximate surface area is 172 Å². The predicted molar refractivity (Wildman–Crippen MR) is 111 cm³/mol. The van der Waals surface area contributed by atoms with Gasteiger partial charge in [-0.2, -0.15) is 0 Å². The highest BCUT2D eigenvalue weighted by Crippen LogP contribution is 2.33. The number of benzene rings is 2. The van der Waals surface area contributed by atoms with Crippen LogP contribution in [0, 0.1) is 5.82 Å². The van der Waals surface area contributed by atoms with Crippen molar-refractivity contribution in [1.82, 2.24) is 4.98 Å². The lowest BCUT2D eigenvalue weighted by Crippen LogP contribution is -3.05. The van der Waals surface area contributed by atoms with Gasteiger partial charge in [0, 0.05) is 13.0 Å². The molecule has 1 amide bonds. The summed E-state index contributed by atoms with van der Waals surface area (Å²) in [6.07, 6.45) is 0.0584. The fraction of sp³-hybridized carbons (Fsp3) is 0.333. The average Bonchev–Trinajstić information content (AvgIpc) is 3.13. The summed E-state index contributed by atoms with van der Waals surface area (Å²) < 4.78 is 25.9. The lowest BCUT2D eigenvalue weighted by molar-refractivity contribution is -0.858. The van der Waals surface area contributed by atoms with Crippen molar-refractivity contribution in [3.8, 4) is 11.5 Å². The summed E-state index contributed by atoms with van der Waals surface area (Å²) in [4.78, 5) is 20.8. The van der Waals surface area contributed by atoms with Gasteiger partial charge in [-0.05, 0) is 30.3 Å². The number of thiazole rings is 1. The molecule has 29 heavy (non-hydrogen) atoms. The molecule has 0 aliphatic carbocycles. The van der Waals surface area contributed by atoms with Crippen molar-refractivity contribution in [3.05, 3.63) is 48.3 Å². The predicted octanol–water partition coefficient (Wildman–Crippen LogP) is 2.14. The van der Waals surface area contributed by atoms with E-state index < -0.39 is 6.10 Å². The molecule has 1 aliphatic rings. The molecular formula is C21H23FN3O3S+. The van der Waals surface area contributed by atoms with E-state index in [9.17, 15) is 9.18 Å². The third kappa shape index (κ3) is 4.33. The lowest BCUT2D eigenvalue weighted by atomic mass is 10.2. The molecule has 4 rings (SSSR count). The van der Waals surface area contributed by atoms with Crippen molar-refractivity contribution in [1.29, 1.82) is 0 Å². The lowest BCUT2D eigenvalue weighted by Gasteiger charge is -2.29. The molecule has 0 saturated carbocycles. The Balaban J connectivity index is 1.60. The van der Waals surface area contributed by atoms with Crippen LogP contribution in [0.25, 0.3) is 10.2 Å². The Kier molecular flexibility index (Phi) is 5.64. The number of aromatic nitrogens is 1. The van der Waals surface area contributed by atoms with Crippen LogP contribution in [0.2, 0.25) is 0 Å². The average molecular weight is 416 g/mol. The van der Waals surface area contributed by atoms with Crippen molar-refractivity contribution < 1.29 is 23.6 Å². The molecule has 6 nitrogen and oxygen atoms in total. The normalized spacial score (nSPS) is 15.7. The summed E-state index contributed by atoms with van der Waals surface area (Å²) in [6, 6.07) is 11.8. The second kappa shape index (κ2) is 8.34. The zero-order valence-electron chi connectivity index (χ0n) is 16.4. The second-order valence-corrected chi connectivity index (χ2v) is 8.28. The molecule has 0 radical (unpaired) electrons. The Hall–Kier alpha value is -2.71. The number of amides is 1. The molecule has 2 aromatic carbocycles. The highest BCUT2D eigenvalue weighted by atomic mass is 32.1. The SMILES string of the molecule is C[NH+](C)CCCN(C(=O)[C@@H]1COc2ccccc2O1)c1nc2ccc(F)cc2s1. The number of nitrogens with zero attached hydrogens (tertiary/aromatic N) is 2. The van der Waals surface area contributed by atoms with Gasteiger partial charge in [0.25, 0.3) is 5.91 Å². The number of fused-ring (bicyclic) bond motifs is 2. The van der Waals surface area contributed by atoms with Crippen LogP contribution in [0.15, 0.2) is 42.5 Å². The van der Waals surface area contributed by atoms with Gasteiger partial charge in [0.05, 0.1) is 30.9 Å². The summed E-state index contributed by atoms with van der Waals surface area (Å²) >= 11 is 1.31. The summed E-state index contributed by atoms with van der Waals surface area (Å²) in [5.74, 6) is 0.672. The van der Waals surface area contributed by atoms with Crippen LogP contribution in [0.5, 0.6) is 11.5 Å². The fourth-order valence-corrected chi connectivity index (χ4v) is 4.23. The van der Waals surface area contributed by atoms with Crippen molar-refractivity contribution in [3.63, 3.8) is 0 Å². The number of halogens is 1. The van der Waals surface area contributed by atoms with Crippen molar-refractivity contribution in [2.24, 2.45) is 0 Å². The van der Waals surface area contributed by atoms with Crippen LogP contribution >= 0.6 is 11.3 Å². The number of rotatable bonds is 6. The zero-order chi connectivity index (χ0) is 20.4. The summed E-state index contributed by atoms with van der Waals surface area (Å²) in [5.41, 5.74) is 0.675. The molecule has 0 bridgehead atoms. The van der Waals surface area contributed by atoms with Crippen LogP contribution in [0.1, 0.15) is 6.42 Å². The highest BCUT2D eigenvalue weighted by Gasteiger charge is 2.33. The number of para-hydroxylation sites is 2. The Bertz CT molecular complexity index is 1020. The molecule has 1 N–H and O–H groups in total. The molecule has 152 valence electrons. The summed E-state index contributed by atoms with van der Waals surface area (Å²) in [6.45, 7) is 1.56. The minimum Gasteiger partial charge on any atom is -0.485 e.